The maximum atomic E-state index is 6.05. The third kappa shape index (κ3) is 2.78. The van der Waals surface area contributed by atoms with Gasteiger partial charge >= 0.3 is 0 Å². The van der Waals surface area contributed by atoms with Crippen molar-refractivity contribution in [1.82, 2.24) is 9.97 Å². The Bertz CT molecular complexity index is 534. The van der Waals surface area contributed by atoms with Crippen LogP contribution >= 0.6 is 23.2 Å². The van der Waals surface area contributed by atoms with Gasteiger partial charge in [-0.2, -0.15) is 0 Å². The lowest BCUT2D eigenvalue weighted by Crippen LogP contribution is -1.96. The summed E-state index contributed by atoms with van der Waals surface area (Å²) in [5.41, 5.74) is 0.661. The lowest BCUT2D eigenvalue weighted by Gasteiger charge is -2.09. The van der Waals surface area contributed by atoms with Gasteiger partial charge in [-0.1, -0.05) is 23.2 Å². The van der Waals surface area contributed by atoms with E-state index in [0.717, 1.165) is 0 Å². The first-order valence-electron chi connectivity index (χ1n) is 4.78. The molecule has 4 nitrogen and oxygen atoms in total. The van der Waals surface area contributed by atoms with Crippen molar-refractivity contribution in [1.29, 1.82) is 0 Å². The van der Waals surface area contributed by atoms with Gasteiger partial charge in [-0.05, 0) is 12.1 Å². The number of benzene rings is 1. The number of halogens is 2. The van der Waals surface area contributed by atoms with Crippen molar-refractivity contribution in [2.45, 2.75) is 0 Å². The minimum atomic E-state index is 0.284. The number of hydrogen-bond donors (Lipinski definition) is 1. The molecule has 1 aromatic heterocycles. The molecule has 0 saturated carbocycles. The number of methoxy groups -OCH3 is 1. The molecule has 2 aromatic rings. The number of ether oxygens (including phenoxy) is 1. The Hall–Kier alpha value is -1.52. The number of hydrogen-bond acceptors (Lipinski definition) is 4. The Morgan fingerprint density at radius 1 is 1.18 bits per heavy atom. The van der Waals surface area contributed by atoms with Gasteiger partial charge in [0.1, 0.15) is 5.75 Å². The van der Waals surface area contributed by atoms with Gasteiger partial charge < -0.3 is 10.1 Å². The Labute approximate surface area is 109 Å². The van der Waals surface area contributed by atoms with E-state index >= 15 is 0 Å². The van der Waals surface area contributed by atoms with E-state index < -0.39 is 0 Å². The summed E-state index contributed by atoms with van der Waals surface area (Å²) in [7, 11) is 1.59. The van der Waals surface area contributed by atoms with E-state index in [-0.39, 0.29) is 5.15 Å². The molecule has 0 unspecified atom stereocenters. The molecule has 0 spiro atoms. The molecule has 0 aliphatic carbocycles. The smallest absolute Gasteiger partial charge is 0.171 e. The normalized spacial score (nSPS) is 10.1. The molecule has 17 heavy (non-hydrogen) atoms. The van der Waals surface area contributed by atoms with E-state index in [1.807, 2.05) is 0 Å². The molecule has 1 aromatic carbocycles. The summed E-state index contributed by atoms with van der Waals surface area (Å²) in [4.78, 5) is 7.98. The summed E-state index contributed by atoms with van der Waals surface area (Å²) < 4.78 is 5.11. The quantitative estimate of drug-likeness (QED) is 0.926. The lowest BCUT2D eigenvalue weighted by atomic mass is 10.3. The molecule has 0 radical (unpaired) electrons. The van der Waals surface area contributed by atoms with Crippen molar-refractivity contribution < 1.29 is 4.74 Å². The third-order valence-electron chi connectivity index (χ3n) is 2.08. The second-order valence-electron chi connectivity index (χ2n) is 3.17. The van der Waals surface area contributed by atoms with Crippen LogP contribution in [0.3, 0.4) is 0 Å². The molecule has 1 N–H and O–H groups in total. The lowest BCUT2D eigenvalue weighted by molar-refractivity contribution is 0.415. The van der Waals surface area contributed by atoms with E-state index in [1.165, 1.54) is 6.20 Å². The van der Waals surface area contributed by atoms with Gasteiger partial charge in [0.05, 0.1) is 17.8 Å². The van der Waals surface area contributed by atoms with Crippen molar-refractivity contribution >= 4 is 34.7 Å². The van der Waals surface area contributed by atoms with Gasteiger partial charge in [-0.15, -0.1) is 0 Å². The minimum absolute atomic E-state index is 0.284. The maximum absolute atomic E-state index is 6.05. The summed E-state index contributed by atoms with van der Waals surface area (Å²) in [6.07, 6.45) is 3.06. The predicted molar refractivity (Wildman–Crippen MR) is 68.3 cm³/mol. The topological polar surface area (TPSA) is 47.0 Å². The van der Waals surface area contributed by atoms with Crippen LogP contribution in [-0.4, -0.2) is 17.1 Å². The molecule has 2 rings (SSSR count). The molecule has 0 bridgehead atoms. The van der Waals surface area contributed by atoms with Crippen LogP contribution in [0.25, 0.3) is 0 Å². The number of nitrogens with zero attached hydrogens (tertiary/aromatic N) is 2. The van der Waals surface area contributed by atoms with Gasteiger partial charge in [0, 0.05) is 18.5 Å². The molecule has 0 saturated heterocycles. The van der Waals surface area contributed by atoms with Gasteiger partial charge in [0.25, 0.3) is 0 Å². The Balaban J connectivity index is 2.32. The monoisotopic (exact) mass is 269 g/mol. The Kier molecular flexibility index (Phi) is 3.66. The van der Waals surface area contributed by atoms with Crippen molar-refractivity contribution in [2.24, 2.45) is 0 Å². The molecule has 1 heterocycles. The summed E-state index contributed by atoms with van der Waals surface area (Å²) >= 11 is 11.9. The molecule has 0 amide bonds. The highest BCUT2D eigenvalue weighted by Gasteiger charge is 2.06. The van der Waals surface area contributed by atoms with Crippen LogP contribution in [0, 0.1) is 0 Å². The molecule has 0 aliphatic heterocycles. The average molecular weight is 270 g/mol. The standard InChI is InChI=1S/C11H9Cl2N3O/c1-17-7-2-3-8(12)9(6-7)16-11-10(13)14-4-5-15-11/h2-6H,1H3,(H,15,16). The first-order valence-corrected chi connectivity index (χ1v) is 5.53. The van der Waals surface area contributed by atoms with E-state index in [0.29, 0.717) is 22.3 Å². The Morgan fingerprint density at radius 2 is 1.94 bits per heavy atom. The zero-order valence-electron chi connectivity index (χ0n) is 8.95. The van der Waals surface area contributed by atoms with Crippen LogP contribution in [0.4, 0.5) is 11.5 Å². The fraction of sp³-hybridized carbons (Fsp3) is 0.0909. The van der Waals surface area contributed by atoms with Crippen molar-refractivity contribution in [2.75, 3.05) is 12.4 Å². The molecule has 6 heteroatoms. The SMILES string of the molecule is COc1ccc(Cl)c(Nc2nccnc2Cl)c1. The van der Waals surface area contributed by atoms with Crippen LogP contribution in [0.15, 0.2) is 30.6 Å². The van der Waals surface area contributed by atoms with E-state index in [4.69, 9.17) is 27.9 Å². The fourth-order valence-electron chi connectivity index (χ4n) is 1.26. The summed E-state index contributed by atoms with van der Waals surface area (Å²) in [5.74, 6) is 1.14. The first-order chi connectivity index (χ1) is 8.20. The number of nitrogens with one attached hydrogen (secondary N) is 1. The van der Waals surface area contributed by atoms with Crippen molar-refractivity contribution in [3.63, 3.8) is 0 Å². The summed E-state index contributed by atoms with van der Waals surface area (Å²) in [6, 6.07) is 5.26. The number of aromatic nitrogens is 2. The summed E-state index contributed by atoms with van der Waals surface area (Å²) in [6.45, 7) is 0. The molecular weight excluding hydrogens is 261 g/mol. The highest BCUT2D eigenvalue weighted by Crippen LogP contribution is 2.30. The zero-order valence-corrected chi connectivity index (χ0v) is 10.5. The predicted octanol–water partition coefficient (Wildman–Crippen LogP) is 3.54. The van der Waals surface area contributed by atoms with Crippen LogP contribution in [0.5, 0.6) is 5.75 Å². The van der Waals surface area contributed by atoms with Crippen molar-refractivity contribution in [3.8, 4) is 5.75 Å². The molecule has 88 valence electrons. The van der Waals surface area contributed by atoms with Gasteiger partial charge in [0.15, 0.2) is 11.0 Å². The highest BCUT2D eigenvalue weighted by atomic mass is 35.5. The van der Waals surface area contributed by atoms with Crippen molar-refractivity contribution in [3.05, 3.63) is 40.8 Å². The van der Waals surface area contributed by atoms with E-state index in [1.54, 1.807) is 31.5 Å². The summed E-state index contributed by atoms with van der Waals surface area (Å²) in [5, 5.41) is 3.83. The average Bonchev–Trinajstić information content (AvgIpc) is 2.35. The van der Waals surface area contributed by atoms with Gasteiger partial charge in [-0.25, -0.2) is 9.97 Å². The zero-order chi connectivity index (χ0) is 12.3. The van der Waals surface area contributed by atoms with E-state index in [9.17, 15) is 0 Å². The second-order valence-corrected chi connectivity index (χ2v) is 3.93. The molecule has 0 fully saturated rings. The van der Waals surface area contributed by atoms with E-state index in [2.05, 4.69) is 15.3 Å². The first kappa shape index (κ1) is 12.0. The van der Waals surface area contributed by atoms with Crippen LogP contribution in [0.1, 0.15) is 0 Å². The second kappa shape index (κ2) is 5.21. The Morgan fingerprint density at radius 3 is 2.65 bits per heavy atom. The van der Waals surface area contributed by atoms with Crippen LogP contribution < -0.4 is 10.1 Å². The highest BCUT2D eigenvalue weighted by molar-refractivity contribution is 6.34. The molecule has 0 aliphatic rings. The fourth-order valence-corrected chi connectivity index (χ4v) is 1.58. The van der Waals surface area contributed by atoms with Crippen LogP contribution in [0.2, 0.25) is 10.2 Å². The van der Waals surface area contributed by atoms with Crippen LogP contribution in [-0.2, 0) is 0 Å². The maximum Gasteiger partial charge on any atom is 0.171 e. The van der Waals surface area contributed by atoms with Gasteiger partial charge in [-0.3, -0.25) is 0 Å². The number of anilines is 2. The minimum Gasteiger partial charge on any atom is -0.497 e. The third-order valence-corrected chi connectivity index (χ3v) is 2.69. The number of rotatable bonds is 3. The molecule has 0 atom stereocenters. The largest absolute Gasteiger partial charge is 0.497 e. The van der Waals surface area contributed by atoms with Gasteiger partial charge in [0.2, 0.25) is 0 Å². The molecular formula is C11H9Cl2N3O.